The number of alkyl halides is 1. The van der Waals surface area contributed by atoms with Crippen molar-refractivity contribution in [2.24, 2.45) is 5.92 Å². The van der Waals surface area contributed by atoms with Crippen LogP contribution in [0.4, 0.5) is 5.82 Å². The van der Waals surface area contributed by atoms with Gasteiger partial charge in [0.15, 0.2) is 0 Å². The van der Waals surface area contributed by atoms with Crippen molar-refractivity contribution in [2.45, 2.75) is 13.5 Å². The summed E-state index contributed by atoms with van der Waals surface area (Å²) in [5.41, 5.74) is 0. The highest BCUT2D eigenvalue weighted by Gasteiger charge is 2.10. The molecule has 5 nitrogen and oxygen atoms in total. The van der Waals surface area contributed by atoms with Crippen molar-refractivity contribution < 1.29 is 4.92 Å². The zero-order chi connectivity index (χ0) is 9.84. The molecule has 1 aromatic heterocycles. The highest BCUT2D eigenvalue weighted by atomic mass is 79.9. The topological polar surface area (TPSA) is 61.0 Å². The van der Waals surface area contributed by atoms with E-state index in [4.69, 9.17) is 0 Å². The molecule has 0 aliphatic heterocycles. The number of hydrogen-bond acceptors (Lipinski definition) is 3. The molecular formula is C7H10BrN3O2. The molecule has 0 saturated heterocycles. The average molecular weight is 248 g/mol. The third-order valence-electron chi connectivity index (χ3n) is 1.59. The largest absolute Gasteiger partial charge is 0.381 e. The molecule has 0 radical (unpaired) electrons. The minimum absolute atomic E-state index is 0.0956. The van der Waals surface area contributed by atoms with E-state index in [9.17, 15) is 10.1 Å². The minimum atomic E-state index is -0.491. The molecule has 13 heavy (non-hydrogen) atoms. The van der Waals surface area contributed by atoms with Crippen molar-refractivity contribution >= 4 is 21.7 Å². The van der Waals surface area contributed by atoms with Crippen LogP contribution in [0, 0.1) is 16.0 Å². The van der Waals surface area contributed by atoms with Crippen LogP contribution >= 0.6 is 15.9 Å². The Kier molecular flexibility index (Phi) is 3.41. The standard InChI is InChI=1S/C7H10BrN3O2/c1-6(2-8)3-10-4-7(9-5-10)11(12)13/h4-6H,2-3H2,1H3. The summed E-state index contributed by atoms with van der Waals surface area (Å²) in [4.78, 5) is 13.5. The molecule has 1 heterocycles. The van der Waals surface area contributed by atoms with Gasteiger partial charge in [-0.2, -0.15) is 0 Å². The molecule has 0 aliphatic carbocycles. The monoisotopic (exact) mass is 247 g/mol. The molecule has 1 unspecified atom stereocenters. The number of rotatable bonds is 4. The van der Waals surface area contributed by atoms with Gasteiger partial charge in [0.1, 0.15) is 6.20 Å². The summed E-state index contributed by atoms with van der Waals surface area (Å²) < 4.78 is 1.73. The average Bonchev–Trinajstić information content (AvgIpc) is 2.52. The summed E-state index contributed by atoms with van der Waals surface area (Å²) in [6.07, 6.45) is 2.93. The second-order valence-corrected chi connectivity index (χ2v) is 3.59. The number of aromatic nitrogens is 2. The van der Waals surface area contributed by atoms with Gasteiger partial charge in [0, 0.05) is 11.9 Å². The van der Waals surface area contributed by atoms with E-state index < -0.39 is 4.92 Å². The highest BCUT2D eigenvalue weighted by molar-refractivity contribution is 9.09. The van der Waals surface area contributed by atoms with E-state index in [1.54, 1.807) is 4.57 Å². The fraction of sp³-hybridized carbons (Fsp3) is 0.571. The van der Waals surface area contributed by atoms with Gasteiger partial charge in [-0.1, -0.05) is 22.9 Å². The molecule has 0 fully saturated rings. The van der Waals surface area contributed by atoms with Crippen molar-refractivity contribution in [3.8, 4) is 0 Å². The molecule has 0 N–H and O–H groups in total. The number of hydrogen-bond donors (Lipinski definition) is 0. The fourth-order valence-electron chi connectivity index (χ4n) is 0.951. The Balaban J connectivity index is 2.64. The van der Waals surface area contributed by atoms with Crippen LogP contribution in [-0.4, -0.2) is 19.8 Å². The van der Waals surface area contributed by atoms with Gasteiger partial charge < -0.3 is 14.7 Å². The van der Waals surface area contributed by atoms with Crippen molar-refractivity contribution in [3.63, 3.8) is 0 Å². The Hall–Kier alpha value is -0.910. The van der Waals surface area contributed by atoms with Gasteiger partial charge in [0.25, 0.3) is 0 Å². The quantitative estimate of drug-likeness (QED) is 0.464. The van der Waals surface area contributed by atoms with Crippen LogP contribution in [0.5, 0.6) is 0 Å². The van der Waals surface area contributed by atoms with Crippen molar-refractivity contribution in [2.75, 3.05) is 5.33 Å². The smallest absolute Gasteiger partial charge is 0.358 e. The van der Waals surface area contributed by atoms with Crippen molar-refractivity contribution in [3.05, 3.63) is 22.6 Å². The van der Waals surface area contributed by atoms with Crippen LogP contribution in [0.15, 0.2) is 12.5 Å². The SMILES string of the molecule is CC(CBr)Cn1cnc([N+](=O)[O-])c1. The van der Waals surface area contributed by atoms with Crippen molar-refractivity contribution in [1.82, 2.24) is 9.55 Å². The summed E-state index contributed by atoms with van der Waals surface area (Å²) in [6.45, 7) is 2.80. The third kappa shape index (κ3) is 2.80. The maximum Gasteiger partial charge on any atom is 0.381 e. The van der Waals surface area contributed by atoms with Crippen LogP contribution in [0.25, 0.3) is 0 Å². The Labute approximate surface area is 84.1 Å². The van der Waals surface area contributed by atoms with Crippen LogP contribution in [0.1, 0.15) is 6.92 Å². The molecule has 1 aromatic rings. The lowest BCUT2D eigenvalue weighted by atomic mass is 10.2. The van der Waals surface area contributed by atoms with E-state index in [-0.39, 0.29) is 5.82 Å². The van der Waals surface area contributed by atoms with E-state index in [0.29, 0.717) is 5.92 Å². The van der Waals surface area contributed by atoms with E-state index in [1.807, 2.05) is 0 Å². The minimum Gasteiger partial charge on any atom is -0.358 e. The Morgan fingerprint density at radius 3 is 3.00 bits per heavy atom. The number of nitrogens with zero attached hydrogens (tertiary/aromatic N) is 3. The predicted molar refractivity (Wildman–Crippen MR) is 51.8 cm³/mol. The first kappa shape index (κ1) is 10.2. The van der Waals surface area contributed by atoms with Crippen molar-refractivity contribution in [1.29, 1.82) is 0 Å². The van der Waals surface area contributed by atoms with Gasteiger partial charge in [-0.3, -0.25) is 0 Å². The molecule has 0 amide bonds. The molecule has 0 bridgehead atoms. The maximum atomic E-state index is 10.3. The molecular weight excluding hydrogens is 238 g/mol. The zero-order valence-electron chi connectivity index (χ0n) is 7.18. The zero-order valence-corrected chi connectivity index (χ0v) is 8.77. The Morgan fingerprint density at radius 1 is 1.85 bits per heavy atom. The lowest BCUT2D eigenvalue weighted by Crippen LogP contribution is -2.06. The van der Waals surface area contributed by atoms with E-state index in [0.717, 1.165) is 11.9 Å². The molecule has 0 aromatic carbocycles. The van der Waals surface area contributed by atoms with E-state index in [2.05, 4.69) is 27.8 Å². The normalized spacial score (nSPS) is 12.8. The summed E-state index contributed by atoms with van der Waals surface area (Å²) >= 11 is 3.34. The summed E-state index contributed by atoms with van der Waals surface area (Å²) in [5.74, 6) is 0.343. The van der Waals surface area contributed by atoms with Crippen LogP contribution in [-0.2, 0) is 6.54 Å². The van der Waals surface area contributed by atoms with Crippen LogP contribution < -0.4 is 0 Å². The first-order chi connectivity index (χ1) is 6.13. The Bertz CT molecular complexity index is 300. The second-order valence-electron chi connectivity index (χ2n) is 2.95. The van der Waals surface area contributed by atoms with Gasteiger partial charge in [-0.15, -0.1) is 0 Å². The lowest BCUT2D eigenvalue weighted by molar-refractivity contribution is -0.389. The van der Waals surface area contributed by atoms with Gasteiger partial charge in [-0.05, 0) is 15.8 Å². The van der Waals surface area contributed by atoms with Gasteiger partial charge in [0.05, 0.1) is 0 Å². The first-order valence-corrected chi connectivity index (χ1v) is 4.97. The molecule has 0 saturated carbocycles. The summed E-state index contributed by atoms with van der Waals surface area (Å²) in [5, 5.41) is 11.2. The molecule has 1 rings (SSSR count). The molecule has 0 spiro atoms. The van der Waals surface area contributed by atoms with Crippen LogP contribution in [0.3, 0.4) is 0 Å². The highest BCUT2D eigenvalue weighted by Crippen LogP contribution is 2.09. The van der Waals surface area contributed by atoms with Gasteiger partial charge in [-0.25, -0.2) is 0 Å². The van der Waals surface area contributed by atoms with Gasteiger partial charge >= 0.3 is 5.82 Å². The molecule has 6 heteroatoms. The molecule has 72 valence electrons. The van der Waals surface area contributed by atoms with E-state index >= 15 is 0 Å². The number of imidazole rings is 1. The molecule has 0 aliphatic rings. The lowest BCUT2D eigenvalue weighted by Gasteiger charge is -2.05. The van der Waals surface area contributed by atoms with Gasteiger partial charge in [0.2, 0.25) is 6.33 Å². The molecule has 1 atom stereocenters. The van der Waals surface area contributed by atoms with E-state index in [1.165, 1.54) is 12.5 Å². The third-order valence-corrected chi connectivity index (χ3v) is 2.70. The van der Waals surface area contributed by atoms with Crippen LogP contribution in [0.2, 0.25) is 0 Å². The first-order valence-electron chi connectivity index (χ1n) is 3.85. The summed E-state index contributed by atoms with van der Waals surface area (Å²) in [7, 11) is 0. The maximum absolute atomic E-state index is 10.3. The summed E-state index contributed by atoms with van der Waals surface area (Å²) in [6, 6.07) is 0. The number of nitro groups is 1. The number of halogens is 1. The second kappa shape index (κ2) is 4.36. The predicted octanol–water partition coefficient (Wildman–Crippen LogP) is 1.82. The fourth-order valence-corrected chi connectivity index (χ4v) is 1.16. The Morgan fingerprint density at radius 2 is 2.54 bits per heavy atom.